The molecule has 1 saturated carbocycles. The van der Waals surface area contributed by atoms with Gasteiger partial charge < -0.3 is 4.98 Å². The van der Waals surface area contributed by atoms with Gasteiger partial charge in [0.2, 0.25) is 0 Å². The molecule has 2 aromatic carbocycles. The van der Waals surface area contributed by atoms with E-state index in [1.165, 1.54) is 6.07 Å². The number of aromatic amines is 1. The molecule has 0 bridgehead atoms. The van der Waals surface area contributed by atoms with Gasteiger partial charge in [0.05, 0.1) is 16.5 Å². The van der Waals surface area contributed by atoms with Gasteiger partial charge in [-0.3, -0.25) is 9.36 Å². The molecule has 29 heavy (non-hydrogen) atoms. The number of hydrogen-bond donors (Lipinski definition) is 1. The van der Waals surface area contributed by atoms with Crippen LogP contribution in [0.25, 0.3) is 22.3 Å². The van der Waals surface area contributed by atoms with Crippen LogP contribution in [0.5, 0.6) is 0 Å². The molecule has 1 aliphatic carbocycles. The van der Waals surface area contributed by atoms with Gasteiger partial charge >= 0.3 is 0 Å². The second-order valence-corrected chi connectivity index (χ2v) is 8.08. The average Bonchev–Trinajstić information content (AvgIpc) is 3.48. The Hall–Kier alpha value is -3.00. The quantitative estimate of drug-likeness (QED) is 0.489. The Morgan fingerprint density at radius 1 is 1.10 bits per heavy atom. The van der Waals surface area contributed by atoms with Crippen molar-refractivity contribution in [3.8, 4) is 11.4 Å². The van der Waals surface area contributed by atoms with E-state index in [0.29, 0.717) is 46.3 Å². The van der Waals surface area contributed by atoms with Gasteiger partial charge in [-0.1, -0.05) is 36.0 Å². The minimum Gasteiger partial charge on any atom is -0.310 e. The summed E-state index contributed by atoms with van der Waals surface area (Å²) >= 11 is 1.55. The predicted molar refractivity (Wildman–Crippen MR) is 110 cm³/mol. The maximum Gasteiger partial charge on any atom is 0.258 e. The molecule has 0 amide bonds. The van der Waals surface area contributed by atoms with Gasteiger partial charge in [-0.15, -0.1) is 10.2 Å². The van der Waals surface area contributed by atoms with Gasteiger partial charge in [0, 0.05) is 18.2 Å². The number of H-pyrrole nitrogens is 1. The molecule has 4 aromatic rings. The molecule has 0 aliphatic heterocycles. The summed E-state index contributed by atoms with van der Waals surface area (Å²) in [5.41, 5.74) is 1.04. The standard InChI is InChI=1S/C21H18FN5OS/c22-16-7-3-1-5-14(16)19-25-26-21(27(19)13-9-10-13)29-12-11-18-23-17-8-4-2-6-15(17)20(28)24-18/h1-8,13H,9-12H2,(H,23,24,28). The first-order valence-electron chi connectivity index (χ1n) is 9.51. The number of hydrogen-bond acceptors (Lipinski definition) is 5. The smallest absolute Gasteiger partial charge is 0.258 e. The molecule has 0 saturated heterocycles. The van der Waals surface area contributed by atoms with Crippen molar-refractivity contribution in [2.45, 2.75) is 30.5 Å². The van der Waals surface area contributed by atoms with E-state index in [4.69, 9.17) is 0 Å². The van der Waals surface area contributed by atoms with Crippen molar-refractivity contribution in [3.63, 3.8) is 0 Å². The van der Waals surface area contributed by atoms with E-state index in [2.05, 4.69) is 20.2 Å². The number of aromatic nitrogens is 5. The van der Waals surface area contributed by atoms with Crippen molar-refractivity contribution in [2.75, 3.05) is 5.75 Å². The Morgan fingerprint density at radius 3 is 2.72 bits per heavy atom. The van der Waals surface area contributed by atoms with Crippen molar-refractivity contribution in [2.24, 2.45) is 0 Å². The lowest BCUT2D eigenvalue weighted by atomic mass is 10.2. The van der Waals surface area contributed by atoms with Crippen LogP contribution in [0.4, 0.5) is 4.39 Å². The highest BCUT2D eigenvalue weighted by Crippen LogP contribution is 2.41. The molecule has 0 spiro atoms. The maximum absolute atomic E-state index is 14.3. The van der Waals surface area contributed by atoms with Gasteiger partial charge in [-0.2, -0.15) is 0 Å². The molecule has 1 aliphatic rings. The number of thioether (sulfide) groups is 1. The first-order valence-corrected chi connectivity index (χ1v) is 10.5. The normalized spacial score (nSPS) is 13.8. The molecule has 0 radical (unpaired) electrons. The summed E-state index contributed by atoms with van der Waals surface area (Å²) in [5.74, 6) is 1.61. The maximum atomic E-state index is 14.3. The third-order valence-corrected chi connectivity index (χ3v) is 5.87. The van der Waals surface area contributed by atoms with Gasteiger partial charge in [-0.25, -0.2) is 9.37 Å². The first kappa shape index (κ1) is 18.1. The lowest BCUT2D eigenvalue weighted by Crippen LogP contribution is -2.12. The van der Waals surface area contributed by atoms with E-state index in [0.717, 1.165) is 18.0 Å². The Bertz CT molecular complexity index is 1250. The predicted octanol–water partition coefficient (Wildman–Crippen LogP) is 3.99. The Balaban J connectivity index is 1.37. The highest BCUT2D eigenvalue weighted by Gasteiger charge is 2.30. The molecular weight excluding hydrogens is 389 g/mol. The molecule has 2 aromatic heterocycles. The molecule has 6 nitrogen and oxygen atoms in total. The van der Waals surface area contributed by atoms with Crippen LogP contribution in [0.1, 0.15) is 24.7 Å². The Kier molecular flexibility index (Phi) is 4.63. The summed E-state index contributed by atoms with van der Waals surface area (Å²) in [6.07, 6.45) is 2.69. The van der Waals surface area contributed by atoms with Gasteiger partial charge in [-0.05, 0) is 37.1 Å². The van der Waals surface area contributed by atoms with Crippen LogP contribution < -0.4 is 5.56 Å². The van der Waals surface area contributed by atoms with Crippen molar-refractivity contribution < 1.29 is 4.39 Å². The second kappa shape index (κ2) is 7.44. The number of nitrogens with one attached hydrogen (secondary N) is 1. The monoisotopic (exact) mass is 407 g/mol. The molecule has 8 heteroatoms. The van der Waals surface area contributed by atoms with Crippen LogP contribution in [0.2, 0.25) is 0 Å². The third kappa shape index (κ3) is 3.55. The molecule has 2 heterocycles. The van der Waals surface area contributed by atoms with Crippen LogP contribution in [-0.2, 0) is 6.42 Å². The fourth-order valence-electron chi connectivity index (χ4n) is 3.36. The zero-order valence-corrected chi connectivity index (χ0v) is 16.3. The lowest BCUT2D eigenvalue weighted by molar-refractivity contribution is 0.622. The number of fused-ring (bicyclic) bond motifs is 1. The minimum atomic E-state index is -0.295. The fraction of sp³-hybridized carbons (Fsp3) is 0.238. The van der Waals surface area contributed by atoms with E-state index >= 15 is 0 Å². The van der Waals surface area contributed by atoms with Crippen molar-refractivity contribution in [1.29, 1.82) is 0 Å². The van der Waals surface area contributed by atoms with Crippen molar-refractivity contribution in [1.82, 2.24) is 24.7 Å². The van der Waals surface area contributed by atoms with E-state index < -0.39 is 0 Å². The molecule has 0 atom stereocenters. The van der Waals surface area contributed by atoms with Gasteiger partial charge in [0.15, 0.2) is 11.0 Å². The molecule has 0 unspecified atom stereocenters. The topological polar surface area (TPSA) is 76.5 Å². The van der Waals surface area contributed by atoms with Crippen LogP contribution >= 0.6 is 11.8 Å². The number of rotatable bonds is 6. The zero-order chi connectivity index (χ0) is 19.8. The summed E-state index contributed by atoms with van der Waals surface area (Å²) in [6, 6.07) is 14.3. The summed E-state index contributed by atoms with van der Waals surface area (Å²) in [7, 11) is 0. The number of para-hydroxylation sites is 1. The lowest BCUT2D eigenvalue weighted by Gasteiger charge is -2.09. The second-order valence-electron chi connectivity index (χ2n) is 7.02. The SMILES string of the molecule is O=c1[nH]c(CCSc2nnc(-c3ccccc3F)n2C2CC2)nc2ccccc12. The zero-order valence-electron chi connectivity index (χ0n) is 15.5. The highest BCUT2D eigenvalue weighted by molar-refractivity contribution is 7.99. The van der Waals surface area contributed by atoms with E-state index in [9.17, 15) is 9.18 Å². The number of nitrogens with zero attached hydrogens (tertiary/aromatic N) is 4. The number of benzene rings is 2. The molecule has 146 valence electrons. The van der Waals surface area contributed by atoms with E-state index in [1.807, 2.05) is 22.8 Å². The van der Waals surface area contributed by atoms with Crippen LogP contribution in [-0.4, -0.2) is 30.5 Å². The highest BCUT2D eigenvalue weighted by atomic mass is 32.2. The van der Waals surface area contributed by atoms with Crippen LogP contribution in [0, 0.1) is 5.82 Å². The van der Waals surface area contributed by atoms with Crippen molar-refractivity contribution >= 4 is 22.7 Å². The molecule has 1 fully saturated rings. The van der Waals surface area contributed by atoms with Gasteiger partial charge in [0.1, 0.15) is 11.6 Å². The fourth-order valence-corrected chi connectivity index (χ4v) is 4.31. The first-order chi connectivity index (χ1) is 14.2. The Labute approximate surface area is 170 Å². The number of aryl methyl sites for hydroxylation is 1. The number of halogens is 1. The summed E-state index contributed by atoms with van der Waals surface area (Å²) in [5, 5.41) is 9.94. The van der Waals surface area contributed by atoms with Gasteiger partial charge in [0.25, 0.3) is 5.56 Å². The van der Waals surface area contributed by atoms with E-state index in [1.54, 1.807) is 36.0 Å². The summed E-state index contributed by atoms with van der Waals surface area (Å²) in [6.45, 7) is 0. The van der Waals surface area contributed by atoms with Crippen molar-refractivity contribution in [3.05, 3.63) is 70.5 Å². The minimum absolute atomic E-state index is 0.126. The Morgan fingerprint density at radius 2 is 1.90 bits per heavy atom. The average molecular weight is 407 g/mol. The van der Waals surface area contributed by atoms with Crippen LogP contribution in [0.15, 0.2) is 58.5 Å². The largest absolute Gasteiger partial charge is 0.310 e. The summed E-state index contributed by atoms with van der Waals surface area (Å²) in [4.78, 5) is 19.6. The molecule has 1 N–H and O–H groups in total. The molecule has 5 rings (SSSR count). The molecular formula is C21H18FN5OS. The van der Waals surface area contributed by atoms with E-state index in [-0.39, 0.29) is 11.4 Å². The third-order valence-electron chi connectivity index (χ3n) is 4.92. The van der Waals surface area contributed by atoms with Crippen LogP contribution in [0.3, 0.4) is 0 Å². The summed E-state index contributed by atoms with van der Waals surface area (Å²) < 4.78 is 16.3.